The number of rotatable bonds is 5. The average Bonchev–Trinajstić information content (AvgIpc) is 2.79. The van der Waals surface area contributed by atoms with Crippen molar-refractivity contribution in [2.75, 3.05) is 13.1 Å². The second kappa shape index (κ2) is 9.25. The highest BCUT2D eigenvalue weighted by molar-refractivity contribution is 7.90. The first kappa shape index (κ1) is 22.2. The molecule has 1 amide bonds. The zero-order chi connectivity index (χ0) is 22.7. The maximum Gasteiger partial charge on any atom is 0.272 e. The van der Waals surface area contributed by atoms with Gasteiger partial charge in [-0.05, 0) is 61.4 Å². The third-order valence-corrected chi connectivity index (χ3v) is 8.08. The van der Waals surface area contributed by atoms with Crippen LogP contribution in [-0.4, -0.2) is 37.3 Å². The second-order valence-corrected chi connectivity index (χ2v) is 10.4. The molecule has 1 fully saturated rings. The zero-order valence-corrected chi connectivity index (χ0v) is 19.3. The van der Waals surface area contributed by atoms with Gasteiger partial charge in [0.25, 0.3) is 5.91 Å². The van der Waals surface area contributed by atoms with E-state index in [-0.39, 0.29) is 11.7 Å². The summed E-state index contributed by atoms with van der Waals surface area (Å²) in [7, 11) is -3.57. The van der Waals surface area contributed by atoms with Gasteiger partial charge >= 0.3 is 0 Å². The third-order valence-electron chi connectivity index (χ3n) is 6.14. The molecule has 0 N–H and O–H groups in total. The molecule has 1 saturated heterocycles. The normalized spacial score (nSPS) is 15.0. The molecule has 2 heterocycles. The lowest BCUT2D eigenvalue weighted by atomic mass is 9.89. The highest BCUT2D eigenvalue weighted by atomic mass is 32.2. The van der Waals surface area contributed by atoms with Crippen molar-refractivity contribution in [3.8, 4) is 0 Å². The average molecular weight is 449 g/mol. The largest absolute Gasteiger partial charge is 0.337 e. The van der Waals surface area contributed by atoms with Crippen molar-refractivity contribution in [1.82, 2.24) is 9.88 Å². The number of sulfone groups is 1. The monoisotopic (exact) mass is 448 g/mol. The molecule has 0 atom stereocenters. The Balaban J connectivity index is 1.47. The fourth-order valence-corrected chi connectivity index (χ4v) is 6.35. The van der Waals surface area contributed by atoms with Crippen LogP contribution in [0.25, 0.3) is 0 Å². The number of carbonyl (C=O) groups excluding carboxylic acids is 1. The Kier molecular flexibility index (Phi) is 6.42. The smallest absolute Gasteiger partial charge is 0.272 e. The van der Waals surface area contributed by atoms with Crippen LogP contribution in [-0.2, 0) is 15.6 Å². The molecule has 1 aliphatic rings. The van der Waals surface area contributed by atoms with Crippen LogP contribution >= 0.6 is 0 Å². The van der Waals surface area contributed by atoms with Gasteiger partial charge in [0.15, 0.2) is 9.84 Å². The van der Waals surface area contributed by atoms with Crippen LogP contribution in [0.15, 0.2) is 71.6 Å². The number of likely N-dealkylation sites (tertiary alicyclic amines) is 1. The van der Waals surface area contributed by atoms with Crippen molar-refractivity contribution in [1.29, 1.82) is 0 Å². The maximum atomic E-state index is 13.1. The zero-order valence-electron chi connectivity index (χ0n) is 18.5. The SMILES string of the molecule is Cc1cccc(C)c1S(=O)(=O)Cc1cccc(C(=O)N2CCC(c3ccccc3)CC2)n1. The summed E-state index contributed by atoms with van der Waals surface area (Å²) in [6.07, 6.45) is 1.83. The summed E-state index contributed by atoms with van der Waals surface area (Å²) in [5, 5.41) is 0. The number of pyridine rings is 1. The minimum Gasteiger partial charge on any atom is -0.337 e. The molecular formula is C26H28N2O3S. The molecule has 5 nitrogen and oxygen atoms in total. The van der Waals surface area contributed by atoms with Gasteiger partial charge in [-0.1, -0.05) is 54.6 Å². The summed E-state index contributed by atoms with van der Waals surface area (Å²) in [6.45, 7) is 4.94. The lowest BCUT2D eigenvalue weighted by Crippen LogP contribution is -2.38. The van der Waals surface area contributed by atoms with Gasteiger partial charge < -0.3 is 4.90 Å². The van der Waals surface area contributed by atoms with Crippen LogP contribution in [0.1, 0.15) is 51.6 Å². The van der Waals surface area contributed by atoms with E-state index in [0.29, 0.717) is 35.3 Å². The fourth-order valence-electron chi connectivity index (χ4n) is 4.54. The number of hydrogen-bond donors (Lipinski definition) is 0. The molecule has 0 saturated carbocycles. The molecule has 166 valence electrons. The van der Waals surface area contributed by atoms with E-state index in [2.05, 4.69) is 29.2 Å². The van der Waals surface area contributed by atoms with E-state index in [9.17, 15) is 13.2 Å². The van der Waals surface area contributed by atoms with Gasteiger partial charge in [-0.25, -0.2) is 13.4 Å². The molecule has 32 heavy (non-hydrogen) atoms. The van der Waals surface area contributed by atoms with Gasteiger partial charge in [0.05, 0.1) is 16.3 Å². The number of aromatic nitrogens is 1. The topological polar surface area (TPSA) is 67.3 Å². The van der Waals surface area contributed by atoms with Crippen molar-refractivity contribution in [3.05, 3.63) is 94.8 Å². The second-order valence-electron chi connectivity index (χ2n) is 8.47. The molecule has 0 unspecified atom stereocenters. The minimum absolute atomic E-state index is 0.136. The Bertz CT molecular complexity index is 1190. The van der Waals surface area contributed by atoms with Crippen molar-refractivity contribution < 1.29 is 13.2 Å². The quantitative estimate of drug-likeness (QED) is 0.568. The van der Waals surface area contributed by atoms with E-state index in [4.69, 9.17) is 0 Å². The molecule has 0 radical (unpaired) electrons. The van der Waals surface area contributed by atoms with E-state index in [1.165, 1.54) is 5.56 Å². The number of nitrogens with zero attached hydrogens (tertiary/aromatic N) is 2. The molecule has 0 bridgehead atoms. The maximum absolute atomic E-state index is 13.1. The molecule has 0 aliphatic carbocycles. The van der Waals surface area contributed by atoms with Crippen molar-refractivity contribution in [2.45, 2.75) is 43.3 Å². The van der Waals surface area contributed by atoms with Gasteiger partial charge in [0.1, 0.15) is 5.69 Å². The predicted octanol–water partition coefficient (Wildman–Crippen LogP) is 4.69. The van der Waals surface area contributed by atoms with Gasteiger partial charge in [-0.2, -0.15) is 0 Å². The van der Waals surface area contributed by atoms with Crippen LogP contribution in [0.5, 0.6) is 0 Å². The summed E-state index contributed by atoms with van der Waals surface area (Å²) >= 11 is 0. The Morgan fingerprint density at radius 1 is 0.906 bits per heavy atom. The molecule has 0 spiro atoms. The summed E-state index contributed by atoms with van der Waals surface area (Å²) in [5.74, 6) is 0.0977. The number of carbonyl (C=O) groups is 1. The molecule has 2 aromatic carbocycles. The van der Waals surface area contributed by atoms with Gasteiger partial charge in [0.2, 0.25) is 0 Å². The molecule has 1 aromatic heterocycles. The van der Waals surface area contributed by atoms with E-state index < -0.39 is 9.84 Å². The Labute approximate surface area is 190 Å². The summed E-state index contributed by atoms with van der Waals surface area (Å²) in [5.41, 5.74) is 3.45. The van der Waals surface area contributed by atoms with Crippen molar-refractivity contribution >= 4 is 15.7 Å². The van der Waals surface area contributed by atoms with Crippen molar-refractivity contribution in [3.63, 3.8) is 0 Å². The first-order chi connectivity index (χ1) is 15.3. The molecule has 1 aliphatic heterocycles. The van der Waals surface area contributed by atoms with Crippen molar-refractivity contribution in [2.24, 2.45) is 0 Å². The fraction of sp³-hybridized carbons (Fsp3) is 0.308. The van der Waals surface area contributed by atoms with E-state index in [0.717, 1.165) is 24.0 Å². The standard InChI is InChI=1S/C26H28N2O3S/c1-19-8-6-9-20(2)25(19)32(30,31)18-23-12-7-13-24(27-23)26(29)28-16-14-22(15-17-28)21-10-4-3-5-11-21/h3-13,22H,14-18H2,1-2H3. The summed E-state index contributed by atoms with van der Waals surface area (Å²) in [6, 6.07) is 20.9. The Morgan fingerprint density at radius 2 is 1.53 bits per heavy atom. The molecule has 6 heteroatoms. The van der Waals surface area contributed by atoms with E-state index in [1.807, 2.05) is 17.0 Å². The highest BCUT2D eigenvalue weighted by Gasteiger charge is 2.26. The first-order valence-corrected chi connectivity index (χ1v) is 12.6. The number of benzene rings is 2. The minimum atomic E-state index is -3.57. The number of aryl methyl sites for hydroxylation is 2. The summed E-state index contributed by atoms with van der Waals surface area (Å²) in [4.78, 5) is 19.7. The van der Waals surface area contributed by atoms with Gasteiger partial charge in [-0.15, -0.1) is 0 Å². The lowest BCUT2D eigenvalue weighted by Gasteiger charge is -2.32. The van der Waals surface area contributed by atoms with Crippen LogP contribution in [0, 0.1) is 13.8 Å². The van der Waals surface area contributed by atoms with Crippen LogP contribution < -0.4 is 0 Å². The van der Waals surface area contributed by atoms with E-state index in [1.54, 1.807) is 44.2 Å². The third kappa shape index (κ3) is 4.75. The van der Waals surface area contributed by atoms with Crippen LogP contribution in [0.4, 0.5) is 0 Å². The predicted molar refractivity (Wildman–Crippen MR) is 125 cm³/mol. The van der Waals surface area contributed by atoms with E-state index >= 15 is 0 Å². The number of piperidine rings is 1. The Hall–Kier alpha value is -2.99. The first-order valence-electron chi connectivity index (χ1n) is 10.9. The van der Waals surface area contributed by atoms with Crippen LogP contribution in [0.2, 0.25) is 0 Å². The molecular weight excluding hydrogens is 420 g/mol. The van der Waals surface area contributed by atoms with Crippen LogP contribution in [0.3, 0.4) is 0 Å². The number of hydrogen-bond acceptors (Lipinski definition) is 4. The molecule has 3 aromatic rings. The lowest BCUT2D eigenvalue weighted by molar-refractivity contribution is 0.0706. The van der Waals surface area contributed by atoms with Gasteiger partial charge in [-0.3, -0.25) is 4.79 Å². The highest BCUT2D eigenvalue weighted by Crippen LogP contribution is 2.28. The van der Waals surface area contributed by atoms with Gasteiger partial charge in [0, 0.05) is 13.1 Å². The summed E-state index contributed by atoms with van der Waals surface area (Å²) < 4.78 is 26.1. The number of amides is 1. The Morgan fingerprint density at radius 3 is 2.19 bits per heavy atom. The molecule has 4 rings (SSSR count).